The van der Waals surface area contributed by atoms with E-state index in [1.807, 2.05) is 5.38 Å². The van der Waals surface area contributed by atoms with Gasteiger partial charge in [-0.05, 0) is 34.6 Å². The molecule has 0 saturated carbocycles. The molecule has 1 atom stereocenters. The third-order valence-electron chi connectivity index (χ3n) is 1.97. The zero-order valence-corrected chi connectivity index (χ0v) is 10.2. The van der Waals surface area contributed by atoms with Crippen LogP contribution in [0.15, 0.2) is 16.8 Å². The third kappa shape index (κ3) is 4.67. The van der Waals surface area contributed by atoms with Gasteiger partial charge in [-0.3, -0.25) is 4.79 Å². The predicted molar refractivity (Wildman–Crippen MR) is 66.0 cm³/mol. The van der Waals surface area contributed by atoms with Crippen LogP contribution in [-0.2, 0) is 16.0 Å². The number of aryl methyl sites for hydroxylation is 1. The van der Waals surface area contributed by atoms with Crippen molar-refractivity contribution in [2.45, 2.75) is 12.5 Å². The highest BCUT2D eigenvalue weighted by Gasteiger charge is 2.15. The second-order valence-corrected chi connectivity index (χ2v) is 5.06. The molecule has 1 aromatic heterocycles. The average Bonchev–Trinajstić information content (AvgIpc) is 2.75. The Balaban J connectivity index is 2.18. The number of amides is 1. The molecule has 0 aliphatic carbocycles. The topological polar surface area (TPSA) is 66.4 Å². The molecule has 0 aliphatic rings. The summed E-state index contributed by atoms with van der Waals surface area (Å²) in [5, 5.41) is 15.1. The lowest BCUT2D eigenvalue weighted by Gasteiger charge is -2.09. The van der Waals surface area contributed by atoms with Gasteiger partial charge in [0.15, 0.2) is 0 Å². The number of aliphatic carboxylic acids is 1. The number of carboxylic acids is 1. The molecule has 0 bridgehead atoms. The Hall–Kier alpha value is -1.01. The summed E-state index contributed by atoms with van der Waals surface area (Å²) in [5.74, 6) is 0.273. The first-order valence-electron chi connectivity index (χ1n) is 4.75. The van der Waals surface area contributed by atoms with Crippen LogP contribution in [0, 0.1) is 0 Å². The van der Waals surface area contributed by atoms with Crippen LogP contribution in [0.25, 0.3) is 0 Å². The first-order valence-corrected chi connectivity index (χ1v) is 6.85. The standard InChI is InChI=1S/C10H13NO3S2/c12-7-11-9(10(13)14)6-16-4-2-8-1-3-15-5-8/h1,3,5,7,9H,2,4,6H2,(H,11,12)(H,13,14). The molecule has 1 amide bonds. The number of thiophene rings is 1. The van der Waals surface area contributed by atoms with Crippen molar-refractivity contribution in [2.24, 2.45) is 0 Å². The van der Waals surface area contributed by atoms with E-state index in [0.29, 0.717) is 12.2 Å². The Bertz CT molecular complexity index is 327. The van der Waals surface area contributed by atoms with Gasteiger partial charge in [0.2, 0.25) is 6.41 Å². The maximum atomic E-state index is 10.7. The molecule has 1 rings (SSSR count). The average molecular weight is 259 g/mol. The van der Waals surface area contributed by atoms with E-state index in [4.69, 9.17) is 5.11 Å². The number of hydrogen-bond donors (Lipinski definition) is 2. The minimum absolute atomic E-state index is 0.401. The van der Waals surface area contributed by atoms with Gasteiger partial charge in [0.05, 0.1) is 0 Å². The summed E-state index contributed by atoms with van der Waals surface area (Å²) in [6.45, 7) is 0. The molecule has 1 heterocycles. The lowest BCUT2D eigenvalue weighted by Crippen LogP contribution is -2.37. The van der Waals surface area contributed by atoms with Crippen LogP contribution in [0.5, 0.6) is 0 Å². The minimum atomic E-state index is -0.991. The monoisotopic (exact) mass is 259 g/mol. The fourth-order valence-electron chi connectivity index (χ4n) is 1.10. The summed E-state index contributed by atoms with van der Waals surface area (Å²) in [6, 6.07) is 1.27. The molecule has 6 heteroatoms. The number of nitrogens with one attached hydrogen (secondary N) is 1. The van der Waals surface area contributed by atoms with E-state index in [9.17, 15) is 9.59 Å². The second kappa shape index (κ2) is 7.29. The van der Waals surface area contributed by atoms with Crippen LogP contribution in [-0.4, -0.2) is 35.0 Å². The van der Waals surface area contributed by atoms with Crippen LogP contribution in [0.4, 0.5) is 0 Å². The van der Waals surface area contributed by atoms with Crippen LogP contribution in [0.3, 0.4) is 0 Å². The van der Waals surface area contributed by atoms with E-state index in [-0.39, 0.29) is 0 Å². The summed E-state index contributed by atoms with van der Waals surface area (Å²) >= 11 is 3.19. The molecular weight excluding hydrogens is 246 g/mol. The van der Waals surface area contributed by atoms with Gasteiger partial charge in [-0.1, -0.05) is 0 Å². The number of hydrogen-bond acceptors (Lipinski definition) is 4. The number of carbonyl (C=O) groups is 2. The van der Waals surface area contributed by atoms with E-state index in [2.05, 4.69) is 16.8 Å². The first-order chi connectivity index (χ1) is 7.74. The Morgan fingerprint density at radius 3 is 3.06 bits per heavy atom. The summed E-state index contributed by atoms with van der Waals surface area (Å²) in [4.78, 5) is 20.8. The molecule has 1 unspecified atom stereocenters. The normalized spacial score (nSPS) is 12.0. The van der Waals surface area contributed by atoms with Crippen molar-refractivity contribution in [1.29, 1.82) is 0 Å². The number of rotatable bonds is 8. The maximum Gasteiger partial charge on any atom is 0.327 e. The van der Waals surface area contributed by atoms with Gasteiger partial charge in [0.1, 0.15) is 6.04 Å². The molecule has 2 N–H and O–H groups in total. The Labute approximate surface area is 102 Å². The molecule has 16 heavy (non-hydrogen) atoms. The fourth-order valence-corrected chi connectivity index (χ4v) is 2.82. The van der Waals surface area contributed by atoms with Crippen LogP contribution >= 0.6 is 23.1 Å². The molecular formula is C10H13NO3S2. The lowest BCUT2D eigenvalue weighted by molar-refractivity contribution is -0.139. The van der Waals surface area contributed by atoms with Crippen molar-refractivity contribution >= 4 is 35.5 Å². The van der Waals surface area contributed by atoms with Crippen molar-refractivity contribution in [3.63, 3.8) is 0 Å². The van der Waals surface area contributed by atoms with E-state index >= 15 is 0 Å². The van der Waals surface area contributed by atoms with Gasteiger partial charge >= 0.3 is 5.97 Å². The zero-order valence-electron chi connectivity index (χ0n) is 8.59. The van der Waals surface area contributed by atoms with E-state index in [1.165, 1.54) is 17.3 Å². The minimum Gasteiger partial charge on any atom is -0.480 e. The van der Waals surface area contributed by atoms with E-state index in [1.54, 1.807) is 11.3 Å². The molecule has 0 aromatic carbocycles. The molecule has 0 aliphatic heterocycles. The van der Waals surface area contributed by atoms with E-state index in [0.717, 1.165) is 12.2 Å². The van der Waals surface area contributed by atoms with Crippen molar-refractivity contribution in [1.82, 2.24) is 5.32 Å². The highest BCUT2D eigenvalue weighted by atomic mass is 32.2. The van der Waals surface area contributed by atoms with Crippen LogP contribution < -0.4 is 5.32 Å². The quantitative estimate of drug-likeness (QED) is 0.544. The largest absolute Gasteiger partial charge is 0.480 e. The molecule has 0 saturated heterocycles. The predicted octanol–water partition coefficient (Wildman–Crippen LogP) is 1.22. The number of carboxylic acid groups (broad SMARTS) is 1. The molecule has 0 fully saturated rings. The highest BCUT2D eigenvalue weighted by Crippen LogP contribution is 2.11. The van der Waals surface area contributed by atoms with Gasteiger partial charge in [-0.15, -0.1) is 0 Å². The van der Waals surface area contributed by atoms with Crippen molar-refractivity contribution in [2.75, 3.05) is 11.5 Å². The molecule has 4 nitrogen and oxygen atoms in total. The van der Waals surface area contributed by atoms with Gasteiger partial charge in [0, 0.05) is 5.75 Å². The second-order valence-electron chi connectivity index (χ2n) is 3.13. The molecule has 88 valence electrons. The third-order valence-corrected chi connectivity index (χ3v) is 3.76. The Morgan fingerprint density at radius 2 is 2.50 bits per heavy atom. The number of thioether (sulfide) groups is 1. The molecule has 1 aromatic rings. The summed E-state index contributed by atoms with van der Waals surface area (Å²) < 4.78 is 0. The lowest BCUT2D eigenvalue weighted by atomic mass is 10.3. The maximum absolute atomic E-state index is 10.7. The zero-order chi connectivity index (χ0) is 11.8. The van der Waals surface area contributed by atoms with E-state index < -0.39 is 12.0 Å². The first kappa shape index (κ1) is 13.1. The Kier molecular flexibility index (Phi) is 5.95. The van der Waals surface area contributed by atoms with Gasteiger partial charge in [0.25, 0.3) is 0 Å². The molecule has 0 spiro atoms. The summed E-state index contributed by atoms with van der Waals surface area (Å²) in [7, 11) is 0. The van der Waals surface area contributed by atoms with Gasteiger partial charge in [-0.25, -0.2) is 4.79 Å². The number of carbonyl (C=O) groups excluding carboxylic acids is 1. The summed E-state index contributed by atoms with van der Waals surface area (Å²) in [6.07, 6.45) is 1.36. The smallest absolute Gasteiger partial charge is 0.327 e. The van der Waals surface area contributed by atoms with Gasteiger partial charge in [-0.2, -0.15) is 23.1 Å². The summed E-state index contributed by atoms with van der Waals surface area (Å²) in [5.41, 5.74) is 1.27. The van der Waals surface area contributed by atoms with Crippen molar-refractivity contribution < 1.29 is 14.7 Å². The molecule has 0 radical (unpaired) electrons. The van der Waals surface area contributed by atoms with Crippen molar-refractivity contribution in [3.05, 3.63) is 22.4 Å². The van der Waals surface area contributed by atoms with Gasteiger partial charge < -0.3 is 10.4 Å². The highest BCUT2D eigenvalue weighted by molar-refractivity contribution is 7.99. The van der Waals surface area contributed by atoms with Crippen LogP contribution in [0.1, 0.15) is 5.56 Å². The van der Waals surface area contributed by atoms with Crippen LogP contribution in [0.2, 0.25) is 0 Å². The van der Waals surface area contributed by atoms with Crippen molar-refractivity contribution in [3.8, 4) is 0 Å². The fraction of sp³-hybridized carbons (Fsp3) is 0.400. The Morgan fingerprint density at radius 1 is 1.69 bits per heavy atom. The SMILES string of the molecule is O=CNC(CSCCc1ccsc1)C(=O)O.